The highest BCUT2D eigenvalue weighted by atomic mass is 17.2. The molecule has 0 aliphatic rings. The first-order valence-corrected chi connectivity index (χ1v) is 4.95. The summed E-state index contributed by atoms with van der Waals surface area (Å²) in [6.07, 6.45) is 0.666. The van der Waals surface area contributed by atoms with Gasteiger partial charge in [-0.15, -0.1) is 0 Å². The SMILES string of the molecule is CCC(C)(C(=O)OOC)c1ccccc1. The van der Waals surface area contributed by atoms with Crippen molar-refractivity contribution in [3.05, 3.63) is 35.9 Å². The van der Waals surface area contributed by atoms with Crippen molar-refractivity contribution in [3.8, 4) is 0 Å². The molecule has 0 bridgehead atoms. The summed E-state index contributed by atoms with van der Waals surface area (Å²) in [5.74, 6) is -0.362. The van der Waals surface area contributed by atoms with Crippen molar-refractivity contribution in [2.45, 2.75) is 25.7 Å². The van der Waals surface area contributed by atoms with Gasteiger partial charge in [-0.05, 0) is 18.9 Å². The molecule has 0 radical (unpaired) electrons. The molecule has 0 aliphatic carbocycles. The first-order chi connectivity index (χ1) is 7.15. The Kier molecular flexibility index (Phi) is 3.86. The van der Waals surface area contributed by atoms with Crippen LogP contribution in [0.25, 0.3) is 0 Å². The normalized spacial score (nSPS) is 14.3. The molecular weight excluding hydrogens is 192 g/mol. The van der Waals surface area contributed by atoms with Gasteiger partial charge in [-0.2, -0.15) is 4.89 Å². The summed E-state index contributed by atoms with van der Waals surface area (Å²) in [6, 6.07) is 9.56. The third kappa shape index (κ3) is 2.36. The Hall–Kier alpha value is -1.35. The molecule has 0 saturated carbocycles. The zero-order valence-electron chi connectivity index (χ0n) is 9.32. The van der Waals surface area contributed by atoms with Gasteiger partial charge in [-0.3, -0.25) is 4.89 Å². The monoisotopic (exact) mass is 208 g/mol. The molecule has 1 rings (SSSR count). The van der Waals surface area contributed by atoms with Crippen molar-refractivity contribution < 1.29 is 14.6 Å². The predicted octanol–water partition coefficient (Wildman–Crippen LogP) is 2.46. The average Bonchev–Trinajstić information content (AvgIpc) is 2.29. The van der Waals surface area contributed by atoms with E-state index in [0.29, 0.717) is 6.42 Å². The van der Waals surface area contributed by atoms with E-state index in [1.165, 1.54) is 7.11 Å². The Morgan fingerprint density at radius 2 is 1.93 bits per heavy atom. The minimum atomic E-state index is -0.642. The van der Waals surface area contributed by atoms with Gasteiger partial charge in [-0.25, -0.2) is 4.79 Å². The maximum atomic E-state index is 11.7. The fraction of sp³-hybridized carbons (Fsp3) is 0.417. The number of carbonyl (C=O) groups excluding carboxylic acids is 1. The summed E-state index contributed by atoms with van der Waals surface area (Å²) in [7, 11) is 1.33. The number of hydrogen-bond acceptors (Lipinski definition) is 3. The van der Waals surface area contributed by atoms with Crippen LogP contribution in [0.2, 0.25) is 0 Å². The number of carbonyl (C=O) groups is 1. The van der Waals surface area contributed by atoms with Crippen LogP contribution in [0.5, 0.6) is 0 Å². The maximum Gasteiger partial charge on any atom is 0.352 e. The Morgan fingerprint density at radius 3 is 2.40 bits per heavy atom. The molecule has 1 aromatic carbocycles. The minimum Gasteiger partial charge on any atom is -0.298 e. The van der Waals surface area contributed by atoms with Crippen molar-refractivity contribution in [3.63, 3.8) is 0 Å². The smallest absolute Gasteiger partial charge is 0.298 e. The largest absolute Gasteiger partial charge is 0.352 e. The highest BCUT2D eigenvalue weighted by molar-refractivity contribution is 5.82. The van der Waals surface area contributed by atoms with Crippen LogP contribution in [0.3, 0.4) is 0 Å². The van der Waals surface area contributed by atoms with Crippen LogP contribution in [0, 0.1) is 0 Å². The molecule has 3 heteroatoms. The van der Waals surface area contributed by atoms with Crippen LogP contribution < -0.4 is 0 Å². The van der Waals surface area contributed by atoms with Crippen LogP contribution in [0.15, 0.2) is 30.3 Å². The van der Waals surface area contributed by atoms with Gasteiger partial charge >= 0.3 is 5.97 Å². The van der Waals surface area contributed by atoms with Crippen LogP contribution in [0.4, 0.5) is 0 Å². The second-order valence-electron chi connectivity index (χ2n) is 3.59. The Balaban J connectivity index is 3.00. The van der Waals surface area contributed by atoms with E-state index in [4.69, 9.17) is 0 Å². The summed E-state index contributed by atoms with van der Waals surface area (Å²) in [6.45, 7) is 3.80. The van der Waals surface area contributed by atoms with E-state index in [1.54, 1.807) is 0 Å². The van der Waals surface area contributed by atoms with Gasteiger partial charge in [0.15, 0.2) is 0 Å². The van der Waals surface area contributed by atoms with Crippen LogP contribution >= 0.6 is 0 Å². The van der Waals surface area contributed by atoms with Gasteiger partial charge in [0.25, 0.3) is 0 Å². The minimum absolute atomic E-state index is 0.362. The lowest BCUT2D eigenvalue weighted by Crippen LogP contribution is -2.33. The summed E-state index contributed by atoms with van der Waals surface area (Å²) < 4.78 is 0. The third-order valence-electron chi connectivity index (χ3n) is 2.73. The summed E-state index contributed by atoms with van der Waals surface area (Å²) in [4.78, 5) is 20.8. The predicted molar refractivity (Wildman–Crippen MR) is 57.2 cm³/mol. The molecule has 0 aromatic heterocycles. The summed E-state index contributed by atoms with van der Waals surface area (Å²) >= 11 is 0. The molecule has 0 saturated heterocycles. The van der Waals surface area contributed by atoms with Crippen molar-refractivity contribution >= 4 is 5.97 Å². The van der Waals surface area contributed by atoms with E-state index in [-0.39, 0.29) is 5.97 Å². The van der Waals surface area contributed by atoms with Crippen LogP contribution in [-0.2, 0) is 20.0 Å². The van der Waals surface area contributed by atoms with E-state index in [9.17, 15) is 4.79 Å². The molecule has 0 fully saturated rings. The van der Waals surface area contributed by atoms with Gasteiger partial charge in [0.2, 0.25) is 0 Å². The second kappa shape index (κ2) is 4.94. The molecule has 1 atom stereocenters. The van der Waals surface area contributed by atoms with E-state index in [1.807, 2.05) is 44.2 Å². The standard InChI is InChI=1S/C12H16O3/c1-4-12(2,11(13)15-14-3)10-8-6-5-7-9-10/h5-9H,4H2,1-3H3. The van der Waals surface area contributed by atoms with Gasteiger partial charge in [0, 0.05) is 0 Å². The summed E-state index contributed by atoms with van der Waals surface area (Å²) in [5.41, 5.74) is 0.298. The zero-order valence-corrected chi connectivity index (χ0v) is 9.32. The number of benzene rings is 1. The number of hydrogen-bond donors (Lipinski definition) is 0. The molecule has 15 heavy (non-hydrogen) atoms. The first-order valence-electron chi connectivity index (χ1n) is 4.95. The van der Waals surface area contributed by atoms with E-state index >= 15 is 0 Å². The highest BCUT2D eigenvalue weighted by Gasteiger charge is 2.35. The molecule has 0 spiro atoms. The molecule has 3 nitrogen and oxygen atoms in total. The lowest BCUT2D eigenvalue weighted by Gasteiger charge is -2.24. The Bertz CT molecular complexity index is 321. The molecule has 0 heterocycles. The van der Waals surface area contributed by atoms with Crippen LogP contribution in [0.1, 0.15) is 25.8 Å². The average molecular weight is 208 g/mol. The summed E-state index contributed by atoms with van der Waals surface area (Å²) in [5, 5.41) is 0. The van der Waals surface area contributed by atoms with Crippen molar-refractivity contribution in [2.24, 2.45) is 0 Å². The molecule has 1 unspecified atom stereocenters. The molecule has 0 amide bonds. The van der Waals surface area contributed by atoms with E-state index in [2.05, 4.69) is 9.78 Å². The van der Waals surface area contributed by atoms with Crippen molar-refractivity contribution in [1.29, 1.82) is 0 Å². The van der Waals surface area contributed by atoms with E-state index in [0.717, 1.165) is 5.56 Å². The zero-order chi connectivity index (χ0) is 11.3. The molecule has 82 valence electrons. The van der Waals surface area contributed by atoms with Gasteiger partial charge < -0.3 is 0 Å². The maximum absolute atomic E-state index is 11.7. The quantitative estimate of drug-likeness (QED) is 0.563. The van der Waals surface area contributed by atoms with Crippen molar-refractivity contribution in [2.75, 3.05) is 7.11 Å². The second-order valence-corrected chi connectivity index (χ2v) is 3.59. The lowest BCUT2D eigenvalue weighted by molar-refractivity contribution is -0.260. The fourth-order valence-corrected chi connectivity index (χ4v) is 1.44. The number of rotatable bonds is 4. The van der Waals surface area contributed by atoms with Gasteiger partial charge in [0.1, 0.15) is 0 Å². The third-order valence-corrected chi connectivity index (χ3v) is 2.73. The van der Waals surface area contributed by atoms with Crippen LogP contribution in [-0.4, -0.2) is 13.1 Å². The highest BCUT2D eigenvalue weighted by Crippen LogP contribution is 2.28. The van der Waals surface area contributed by atoms with Gasteiger partial charge in [-0.1, -0.05) is 37.3 Å². The molecular formula is C12H16O3. The fourth-order valence-electron chi connectivity index (χ4n) is 1.44. The molecule has 1 aromatic rings. The first kappa shape index (κ1) is 11.7. The Labute approximate surface area is 89.9 Å². The molecule has 0 N–H and O–H groups in total. The topological polar surface area (TPSA) is 35.5 Å². The molecule has 0 aliphatic heterocycles. The van der Waals surface area contributed by atoms with E-state index < -0.39 is 5.41 Å². The van der Waals surface area contributed by atoms with Crippen molar-refractivity contribution in [1.82, 2.24) is 0 Å². The Morgan fingerprint density at radius 1 is 1.33 bits per heavy atom. The lowest BCUT2D eigenvalue weighted by atomic mass is 9.80. The van der Waals surface area contributed by atoms with Gasteiger partial charge in [0.05, 0.1) is 12.5 Å².